The van der Waals surface area contributed by atoms with E-state index in [-0.39, 0.29) is 31.1 Å². The fourth-order valence-corrected chi connectivity index (χ4v) is 8.36. The summed E-state index contributed by atoms with van der Waals surface area (Å²) in [5.41, 5.74) is 0. The van der Waals surface area contributed by atoms with E-state index in [2.05, 4.69) is 191 Å². The highest BCUT2D eigenvalue weighted by Crippen LogP contribution is 2.14. The molecule has 6 heteroatoms. The average molecular weight is 1120 g/mol. The summed E-state index contributed by atoms with van der Waals surface area (Å²) in [5.74, 6) is -0.972. The molecule has 0 amide bonds. The van der Waals surface area contributed by atoms with Crippen molar-refractivity contribution in [3.8, 4) is 0 Å². The third kappa shape index (κ3) is 65.5. The maximum atomic E-state index is 12.9. The van der Waals surface area contributed by atoms with Crippen LogP contribution in [0.25, 0.3) is 0 Å². The van der Waals surface area contributed by atoms with Crippen LogP contribution in [0.15, 0.2) is 170 Å². The van der Waals surface area contributed by atoms with Gasteiger partial charge in [0.05, 0.1) is 0 Å². The largest absolute Gasteiger partial charge is 0.462 e. The van der Waals surface area contributed by atoms with Crippen LogP contribution >= 0.6 is 0 Å². The average Bonchev–Trinajstić information content (AvgIpc) is 3.47. The predicted molar refractivity (Wildman–Crippen MR) is 352 cm³/mol. The number of esters is 3. The van der Waals surface area contributed by atoms with Crippen LogP contribution in [-0.2, 0) is 28.6 Å². The topological polar surface area (TPSA) is 78.9 Å². The lowest BCUT2D eigenvalue weighted by molar-refractivity contribution is -0.167. The molecule has 0 heterocycles. The van der Waals surface area contributed by atoms with Crippen molar-refractivity contribution >= 4 is 17.9 Å². The first-order valence-electron chi connectivity index (χ1n) is 32.6. The van der Waals surface area contributed by atoms with Crippen LogP contribution in [-0.4, -0.2) is 37.2 Å². The van der Waals surface area contributed by atoms with Gasteiger partial charge in [0.2, 0.25) is 0 Å². The van der Waals surface area contributed by atoms with Crippen molar-refractivity contribution in [3.05, 3.63) is 170 Å². The van der Waals surface area contributed by atoms with E-state index in [9.17, 15) is 14.4 Å². The van der Waals surface area contributed by atoms with Crippen LogP contribution in [0.5, 0.6) is 0 Å². The van der Waals surface area contributed by atoms with Gasteiger partial charge in [-0.1, -0.05) is 262 Å². The van der Waals surface area contributed by atoms with Crippen molar-refractivity contribution in [2.75, 3.05) is 13.2 Å². The van der Waals surface area contributed by atoms with Gasteiger partial charge >= 0.3 is 17.9 Å². The summed E-state index contributed by atoms with van der Waals surface area (Å²) in [6, 6.07) is 0. The second kappa shape index (κ2) is 67.3. The molecular formula is C75H118O6. The Balaban J connectivity index is 4.54. The zero-order chi connectivity index (χ0) is 58.5. The third-order valence-corrected chi connectivity index (χ3v) is 13.2. The van der Waals surface area contributed by atoms with Gasteiger partial charge in [-0.15, -0.1) is 0 Å². The molecule has 454 valence electrons. The van der Waals surface area contributed by atoms with E-state index in [4.69, 9.17) is 14.2 Å². The van der Waals surface area contributed by atoms with E-state index in [1.54, 1.807) is 0 Å². The van der Waals surface area contributed by atoms with Crippen molar-refractivity contribution in [1.82, 2.24) is 0 Å². The number of hydrogen-bond donors (Lipinski definition) is 0. The maximum Gasteiger partial charge on any atom is 0.306 e. The molecule has 0 aliphatic carbocycles. The lowest BCUT2D eigenvalue weighted by Crippen LogP contribution is -2.30. The van der Waals surface area contributed by atoms with Crippen molar-refractivity contribution in [3.63, 3.8) is 0 Å². The van der Waals surface area contributed by atoms with E-state index in [0.717, 1.165) is 173 Å². The Kier molecular flexibility index (Phi) is 62.9. The Morgan fingerprint density at radius 1 is 0.259 bits per heavy atom. The summed E-state index contributed by atoms with van der Waals surface area (Å²) in [6.45, 7) is 6.33. The van der Waals surface area contributed by atoms with Crippen LogP contribution < -0.4 is 0 Å². The number of allylic oxidation sites excluding steroid dienone is 28. The first-order valence-corrected chi connectivity index (χ1v) is 32.6. The molecule has 0 spiro atoms. The second-order valence-electron chi connectivity index (χ2n) is 20.9. The van der Waals surface area contributed by atoms with E-state index in [1.807, 2.05) is 0 Å². The van der Waals surface area contributed by atoms with Crippen LogP contribution in [0.2, 0.25) is 0 Å². The number of hydrogen-bond acceptors (Lipinski definition) is 6. The SMILES string of the molecule is CC/C=C\C/C=C\C/C=C\C/C=C\C/C=C\C/C=C\C/C=C\CCCCCC(=O)OCC(COC(=O)CCCCCCCC/C=C\C/C=C\C/C=C\CCCCC)OC(=O)CCCCCCCC/C=C\C/C=C\C/C=C\C/C=C\CC. The number of carbonyl (C=O) groups excluding carboxylic acids is 3. The molecule has 0 aromatic carbocycles. The standard InChI is InChI=1S/C75H118O6/c1-4-7-10-13-16-19-22-25-28-31-34-35-36-37-38-39-42-44-47-50-53-56-59-62-65-68-74(77)80-71-72(81-75(78)69-66-63-60-57-54-51-48-45-41-33-30-27-24-21-18-15-12-9-6-3)70-79-73(76)67-64-61-58-55-52-49-46-43-40-32-29-26-23-20-17-14-11-8-5-2/h7,9-10,12,16-21,25-30,34-35,37-38,40-45,50,53,72H,4-6,8,11,13-15,22-24,31-33,36,39,46-49,51-52,54-71H2,1-3H3/b10-7-,12-9-,19-16-,20-17-,21-18-,28-25-,29-26-,30-27-,35-34-,38-37-,43-40-,44-42-,45-41-,53-50-. The third-order valence-electron chi connectivity index (χ3n) is 13.2. The monoisotopic (exact) mass is 1110 g/mol. The van der Waals surface area contributed by atoms with Crippen LogP contribution in [0.4, 0.5) is 0 Å². The number of rotatable bonds is 57. The molecule has 0 aromatic rings. The van der Waals surface area contributed by atoms with Gasteiger partial charge in [0.25, 0.3) is 0 Å². The molecular weight excluding hydrogens is 997 g/mol. The fraction of sp³-hybridized carbons (Fsp3) is 0.587. The molecule has 0 radical (unpaired) electrons. The highest BCUT2D eigenvalue weighted by Gasteiger charge is 2.19. The van der Waals surface area contributed by atoms with Crippen LogP contribution in [0.3, 0.4) is 0 Å². The molecule has 0 bridgehead atoms. The van der Waals surface area contributed by atoms with Crippen LogP contribution in [0, 0.1) is 0 Å². The lowest BCUT2D eigenvalue weighted by atomic mass is 10.1. The van der Waals surface area contributed by atoms with Gasteiger partial charge in [-0.05, 0) is 154 Å². The van der Waals surface area contributed by atoms with Gasteiger partial charge in [-0.2, -0.15) is 0 Å². The van der Waals surface area contributed by atoms with Crippen molar-refractivity contribution in [1.29, 1.82) is 0 Å². The number of ether oxygens (including phenoxy) is 3. The molecule has 0 saturated carbocycles. The molecule has 81 heavy (non-hydrogen) atoms. The van der Waals surface area contributed by atoms with Gasteiger partial charge in [-0.25, -0.2) is 0 Å². The van der Waals surface area contributed by atoms with Crippen molar-refractivity contribution in [2.24, 2.45) is 0 Å². The Morgan fingerprint density at radius 2 is 0.481 bits per heavy atom. The van der Waals surface area contributed by atoms with Gasteiger partial charge in [-0.3, -0.25) is 14.4 Å². The van der Waals surface area contributed by atoms with Gasteiger partial charge in [0.15, 0.2) is 6.10 Å². The van der Waals surface area contributed by atoms with Gasteiger partial charge in [0, 0.05) is 19.3 Å². The first-order chi connectivity index (χ1) is 40.0. The van der Waals surface area contributed by atoms with Gasteiger partial charge < -0.3 is 14.2 Å². The smallest absolute Gasteiger partial charge is 0.306 e. The normalized spacial score (nSPS) is 13.3. The number of unbranched alkanes of at least 4 members (excludes halogenated alkanes) is 18. The van der Waals surface area contributed by atoms with Crippen molar-refractivity contribution in [2.45, 2.75) is 271 Å². The molecule has 1 unspecified atom stereocenters. The highest BCUT2D eigenvalue weighted by atomic mass is 16.6. The summed E-state index contributed by atoms with van der Waals surface area (Å²) in [4.78, 5) is 38.4. The quantitative estimate of drug-likeness (QED) is 0.0261. The molecule has 1 atom stereocenters. The molecule has 0 saturated heterocycles. The second-order valence-corrected chi connectivity index (χ2v) is 20.9. The summed E-state index contributed by atoms with van der Waals surface area (Å²) < 4.78 is 16.9. The molecule has 6 nitrogen and oxygen atoms in total. The zero-order valence-electron chi connectivity index (χ0n) is 52.0. The Labute approximate surface area is 498 Å². The summed E-state index contributed by atoms with van der Waals surface area (Å²) in [6.07, 6.45) is 99.2. The minimum absolute atomic E-state index is 0.110. The number of carbonyl (C=O) groups is 3. The highest BCUT2D eigenvalue weighted by molar-refractivity contribution is 5.71. The molecule has 0 rings (SSSR count). The first kappa shape index (κ1) is 75.8. The summed E-state index contributed by atoms with van der Waals surface area (Å²) in [5, 5.41) is 0. The molecule has 0 aromatic heterocycles. The molecule has 0 N–H and O–H groups in total. The Bertz CT molecular complexity index is 1860. The summed E-state index contributed by atoms with van der Waals surface area (Å²) in [7, 11) is 0. The molecule has 0 fully saturated rings. The minimum atomic E-state index is -0.817. The van der Waals surface area contributed by atoms with E-state index >= 15 is 0 Å². The molecule has 0 aliphatic rings. The van der Waals surface area contributed by atoms with Gasteiger partial charge in [0.1, 0.15) is 13.2 Å². The molecule has 0 aliphatic heterocycles. The maximum absolute atomic E-state index is 12.9. The Hall–Kier alpha value is -5.23. The van der Waals surface area contributed by atoms with Crippen molar-refractivity contribution < 1.29 is 28.6 Å². The zero-order valence-corrected chi connectivity index (χ0v) is 52.0. The van der Waals surface area contributed by atoms with E-state index in [1.165, 1.54) is 51.4 Å². The predicted octanol–water partition coefficient (Wildman–Crippen LogP) is 22.7. The van der Waals surface area contributed by atoms with E-state index in [0.29, 0.717) is 19.3 Å². The fourth-order valence-electron chi connectivity index (χ4n) is 8.36. The Morgan fingerprint density at radius 3 is 0.765 bits per heavy atom. The minimum Gasteiger partial charge on any atom is -0.462 e. The van der Waals surface area contributed by atoms with Crippen LogP contribution in [0.1, 0.15) is 265 Å². The summed E-state index contributed by atoms with van der Waals surface area (Å²) >= 11 is 0. The lowest BCUT2D eigenvalue weighted by Gasteiger charge is -2.18. The van der Waals surface area contributed by atoms with E-state index < -0.39 is 6.10 Å².